The molecule has 8 heteroatoms. The average Bonchev–Trinajstić information content (AvgIpc) is 3.11. The number of halogens is 1. The van der Waals surface area contributed by atoms with Crippen LogP contribution in [0.2, 0.25) is 5.02 Å². The van der Waals surface area contributed by atoms with Crippen LogP contribution in [0.25, 0.3) is 28.4 Å². The van der Waals surface area contributed by atoms with E-state index in [-0.39, 0.29) is 26.2 Å². The van der Waals surface area contributed by atoms with Crippen LogP contribution >= 0.6 is 22.9 Å². The molecule has 6 nitrogen and oxygen atoms in total. The second kappa shape index (κ2) is 7.38. The highest BCUT2D eigenvalue weighted by molar-refractivity contribution is 7.19. The molecule has 0 aliphatic heterocycles. The Bertz CT molecular complexity index is 1260. The Morgan fingerprint density at radius 2 is 1.93 bits per heavy atom. The fourth-order valence-corrected chi connectivity index (χ4v) is 3.94. The lowest BCUT2D eigenvalue weighted by Crippen LogP contribution is -2.17. The zero-order valence-corrected chi connectivity index (χ0v) is 15.8. The highest BCUT2D eigenvalue weighted by atomic mass is 35.5. The van der Waals surface area contributed by atoms with Gasteiger partial charge < -0.3 is 5.11 Å². The van der Waals surface area contributed by atoms with Crippen molar-refractivity contribution in [1.29, 1.82) is 0 Å². The third-order valence-electron chi connectivity index (χ3n) is 4.02. The van der Waals surface area contributed by atoms with Crippen LogP contribution in [0.4, 0.5) is 0 Å². The lowest BCUT2D eigenvalue weighted by molar-refractivity contribution is 0.0702. The van der Waals surface area contributed by atoms with Crippen LogP contribution < -0.4 is 5.56 Å². The number of aromatic nitrogens is 3. The molecule has 28 heavy (non-hydrogen) atoms. The summed E-state index contributed by atoms with van der Waals surface area (Å²) in [7, 11) is 0. The fraction of sp³-hybridized carbons (Fsp3) is 0. The monoisotopic (exact) mass is 409 g/mol. The summed E-state index contributed by atoms with van der Waals surface area (Å²) in [6.07, 6.45) is 6.50. The molecule has 3 heterocycles. The molecule has 0 radical (unpaired) electrons. The molecule has 4 rings (SSSR count). The first-order chi connectivity index (χ1) is 13.6. The number of thiazole rings is 1. The molecule has 0 spiro atoms. The summed E-state index contributed by atoms with van der Waals surface area (Å²) in [5.41, 5.74) is 1.40. The Kier molecular flexibility index (Phi) is 4.77. The first-order valence-electron chi connectivity index (χ1n) is 8.18. The van der Waals surface area contributed by atoms with E-state index in [2.05, 4.69) is 9.97 Å². The van der Waals surface area contributed by atoms with Gasteiger partial charge in [0.25, 0.3) is 5.56 Å². The number of carboxylic acids is 1. The maximum atomic E-state index is 12.9. The number of carboxylic acid groups (broad SMARTS) is 1. The van der Waals surface area contributed by atoms with Crippen LogP contribution in [0.15, 0.2) is 59.7 Å². The topological polar surface area (TPSA) is 84.6 Å². The third-order valence-corrected chi connectivity index (χ3v) is 5.40. The Morgan fingerprint density at radius 3 is 2.61 bits per heavy atom. The fourth-order valence-electron chi connectivity index (χ4n) is 2.76. The highest BCUT2D eigenvalue weighted by Crippen LogP contribution is 2.31. The third kappa shape index (κ3) is 3.21. The normalized spacial score (nSPS) is 11.3. The lowest BCUT2D eigenvalue weighted by Gasteiger charge is -2.04. The first kappa shape index (κ1) is 18.1. The van der Waals surface area contributed by atoms with Crippen LogP contribution in [-0.2, 0) is 0 Å². The molecule has 0 atom stereocenters. The van der Waals surface area contributed by atoms with E-state index < -0.39 is 11.5 Å². The number of rotatable bonds is 4. The summed E-state index contributed by atoms with van der Waals surface area (Å²) in [6, 6.07) is 12.9. The first-order valence-corrected chi connectivity index (χ1v) is 9.37. The van der Waals surface area contributed by atoms with E-state index in [1.54, 1.807) is 30.5 Å². The SMILES string of the molecule is O=C(O)c1sc2nc(/C=C/c3ccccc3)c(Cl)c(=O)n2c1-c1cccnc1. The quantitative estimate of drug-likeness (QED) is 0.542. The van der Waals surface area contributed by atoms with Gasteiger partial charge in [-0.1, -0.05) is 59.3 Å². The molecule has 0 amide bonds. The van der Waals surface area contributed by atoms with E-state index in [1.807, 2.05) is 30.3 Å². The minimum Gasteiger partial charge on any atom is -0.477 e. The van der Waals surface area contributed by atoms with E-state index in [0.29, 0.717) is 5.56 Å². The zero-order valence-electron chi connectivity index (χ0n) is 14.2. The number of aromatic carboxylic acids is 1. The van der Waals surface area contributed by atoms with Gasteiger partial charge in [0.05, 0.1) is 11.4 Å². The molecule has 0 aliphatic rings. The van der Waals surface area contributed by atoms with Gasteiger partial charge in [-0.2, -0.15) is 0 Å². The van der Waals surface area contributed by atoms with Crippen molar-refractivity contribution in [3.8, 4) is 11.3 Å². The van der Waals surface area contributed by atoms with Crippen molar-refractivity contribution in [3.05, 3.63) is 86.4 Å². The minimum atomic E-state index is -1.15. The summed E-state index contributed by atoms with van der Waals surface area (Å²) < 4.78 is 1.23. The minimum absolute atomic E-state index is 0.00199. The van der Waals surface area contributed by atoms with E-state index in [9.17, 15) is 14.7 Å². The van der Waals surface area contributed by atoms with Crippen molar-refractivity contribution in [2.24, 2.45) is 0 Å². The zero-order chi connectivity index (χ0) is 19.7. The van der Waals surface area contributed by atoms with E-state index in [1.165, 1.54) is 10.6 Å². The Balaban J connectivity index is 1.94. The second-order valence-electron chi connectivity index (χ2n) is 5.80. The number of carbonyl (C=O) groups is 1. The lowest BCUT2D eigenvalue weighted by atomic mass is 10.2. The Labute approximate surface area is 168 Å². The molecule has 0 unspecified atom stereocenters. The molecular weight excluding hydrogens is 398 g/mol. The van der Waals surface area contributed by atoms with Gasteiger partial charge >= 0.3 is 5.97 Å². The van der Waals surface area contributed by atoms with Gasteiger partial charge in [0.2, 0.25) is 0 Å². The number of hydrogen-bond donors (Lipinski definition) is 1. The van der Waals surface area contributed by atoms with Crippen molar-refractivity contribution < 1.29 is 9.90 Å². The molecule has 1 aromatic carbocycles. The second-order valence-corrected chi connectivity index (χ2v) is 7.16. The molecule has 0 bridgehead atoms. The largest absolute Gasteiger partial charge is 0.477 e. The Morgan fingerprint density at radius 1 is 1.14 bits per heavy atom. The predicted octanol–water partition coefficient (Wildman–Crippen LogP) is 4.34. The van der Waals surface area contributed by atoms with Crippen molar-refractivity contribution in [2.45, 2.75) is 0 Å². The van der Waals surface area contributed by atoms with Crippen molar-refractivity contribution in [3.63, 3.8) is 0 Å². The average molecular weight is 410 g/mol. The number of pyridine rings is 1. The highest BCUT2D eigenvalue weighted by Gasteiger charge is 2.23. The maximum absolute atomic E-state index is 12.9. The molecule has 138 valence electrons. The molecule has 1 N–H and O–H groups in total. The number of nitrogens with zero attached hydrogens (tertiary/aromatic N) is 3. The molecule has 0 saturated heterocycles. The summed E-state index contributed by atoms with van der Waals surface area (Å²) in [4.78, 5) is 33.4. The standard InChI is InChI=1S/C20H12ClN3O3S/c21-15-14(9-8-12-5-2-1-3-6-12)23-20-24(18(15)25)16(17(28-20)19(26)27)13-7-4-10-22-11-13/h1-11H,(H,26,27)/b9-8+. The number of fused-ring (bicyclic) bond motifs is 1. The van der Waals surface area contributed by atoms with Gasteiger partial charge in [-0.3, -0.25) is 9.78 Å². The van der Waals surface area contributed by atoms with E-state index in [0.717, 1.165) is 16.9 Å². The van der Waals surface area contributed by atoms with Gasteiger partial charge in [0, 0.05) is 18.0 Å². The van der Waals surface area contributed by atoms with Crippen molar-refractivity contribution >= 4 is 46.0 Å². The van der Waals surface area contributed by atoms with Gasteiger partial charge in [0.15, 0.2) is 4.96 Å². The summed E-state index contributed by atoms with van der Waals surface area (Å²) in [5.74, 6) is -1.15. The van der Waals surface area contributed by atoms with Gasteiger partial charge in [-0.05, 0) is 23.8 Å². The molecule has 0 aliphatic carbocycles. The summed E-state index contributed by atoms with van der Waals surface area (Å²) >= 11 is 7.20. The van der Waals surface area contributed by atoms with Crippen LogP contribution in [0.3, 0.4) is 0 Å². The molecule has 0 fully saturated rings. The molecule has 3 aromatic heterocycles. The predicted molar refractivity (Wildman–Crippen MR) is 110 cm³/mol. The van der Waals surface area contributed by atoms with Gasteiger partial charge in [-0.15, -0.1) is 0 Å². The van der Waals surface area contributed by atoms with Crippen molar-refractivity contribution in [2.75, 3.05) is 0 Å². The van der Waals surface area contributed by atoms with Crippen LogP contribution in [0.1, 0.15) is 20.9 Å². The van der Waals surface area contributed by atoms with Gasteiger partial charge in [0.1, 0.15) is 9.90 Å². The smallest absolute Gasteiger partial charge is 0.348 e. The van der Waals surface area contributed by atoms with E-state index >= 15 is 0 Å². The molecule has 0 saturated carbocycles. The van der Waals surface area contributed by atoms with Crippen molar-refractivity contribution in [1.82, 2.24) is 14.4 Å². The number of hydrogen-bond acceptors (Lipinski definition) is 5. The van der Waals surface area contributed by atoms with Crippen LogP contribution in [0.5, 0.6) is 0 Å². The molecule has 4 aromatic rings. The summed E-state index contributed by atoms with van der Waals surface area (Å²) in [6.45, 7) is 0. The summed E-state index contributed by atoms with van der Waals surface area (Å²) in [5, 5.41) is 9.53. The number of benzene rings is 1. The van der Waals surface area contributed by atoms with Crippen LogP contribution in [0, 0.1) is 0 Å². The van der Waals surface area contributed by atoms with Crippen LogP contribution in [-0.4, -0.2) is 25.4 Å². The van der Waals surface area contributed by atoms with Gasteiger partial charge in [-0.25, -0.2) is 14.2 Å². The molecular formula is C20H12ClN3O3S. The van der Waals surface area contributed by atoms with E-state index in [4.69, 9.17) is 11.6 Å². The Hall–Kier alpha value is -3.29. The maximum Gasteiger partial charge on any atom is 0.348 e.